The normalized spacial score (nSPS) is 11.4. The van der Waals surface area contributed by atoms with Crippen LogP contribution >= 0.6 is 23.8 Å². The second-order valence-corrected chi connectivity index (χ2v) is 6.06. The van der Waals surface area contributed by atoms with Crippen LogP contribution in [0.2, 0.25) is 5.02 Å². The van der Waals surface area contributed by atoms with E-state index in [1.807, 2.05) is 0 Å². The number of furan rings is 1. The molecule has 134 valence electrons. The van der Waals surface area contributed by atoms with Crippen molar-refractivity contribution >= 4 is 51.5 Å². The Kier molecular flexibility index (Phi) is 4.88. The number of amides is 1. The first-order valence-corrected chi connectivity index (χ1v) is 8.00. The molecule has 0 atom stereocenters. The molecule has 2 aromatic carbocycles. The Hall–Kier alpha value is -2.58. The first-order valence-electron chi connectivity index (χ1n) is 7.22. The molecule has 3 rings (SSSR count). The Morgan fingerprint density at radius 3 is 2.54 bits per heavy atom. The van der Waals surface area contributed by atoms with Crippen molar-refractivity contribution in [2.45, 2.75) is 6.18 Å². The van der Waals surface area contributed by atoms with Crippen LogP contribution in [0.1, 0.15) is 16.1 Å². The van der Waals surface area contributed by atoms with E-state index in [0.29, 0.717) is 5.58 Å². The van der Waals surface area contributed by atoms with E-state index in [-0.39, 0.29) is 21.6 Å². The summed E-state index contributed by atoms with van der Waals surface area (Å²) in [5.74, 6) is -0.618. The third-order valence-corrected chi connectivity index (χ3v) is 3.95. The third-order valence-electron chi connectivity index (χ3n) is 3.42. The predicted octanol–water partition coefficient (Wildman–Crippen LogP) is 5.23. The highest BCUT2D eigenvalue weighted by atomic mass is 35.5. The number of carbonyl (C=O) groups excluding carboxylic acids is 1. The molecule has 4 nitrogen and oxygen atoms in total. The number of anilines is 1. The zero-order valence-electron chi connectivity index (χ0n) is 12.9. The van der Waals surface area contributed by atoms with E-state index >= 15 is 0 Å². The molecule has 0 radical (unpaired) electrons. The van der Waals surface area contributed by atoms with Gasteiger partial charge >= 0.3 is 6.18 Å². The van der Waals surface area contributed by atoms with Gasteiger partial charge in [0.25, 0.3) is 5.91 Å². The lowest BCUT2D eigenvalue weighted by molar-refractivity contribution is -0.137. The molecule has 0 aliphatic rings. The van der Waals surface area contributed by atoms with Crippen LogP contribution in [-0.4, -0.2) is 11.0 Å². The van der Waals surface area contributed by atoms with Crippen molar-refractivity contribution in [2.75, 3.05) is 5.32 Å². The number of nitrogens with one attached hydrogen (secondary N) is 2. The summed E-state index contributed by atoms with van der Waals surface area (Å²) in [5, 5.41) is 5.37. The van der Waals surface area contributed by atoms with Gasteiger partial charge in [-0.1, -0.05) is 29.8 Å². The van der Waals surface area contributed by atoms with Crippen molar-refractivity contribution in [3.05, 3.63) is 64.9 Å². The maximum atomic E-state index is 12.8. The zero-order chi connectivity index (χ0) is 18.9. The van der Waals surface area contributed by atoms with E-state index in [4.69, 9.17) is 28.2 Å². The van der Waals surface area contributed by atoms with Gasteiger partial charge in [-0.05, 0) is 42.5 Å². The summed E-state index contributed by atoms with van der Waals surface area (Å²) in [6.45, 7) is 0. The molecule has 1 amide bonds. The first-order chi connectivity index (χ1) is 12.2. The minimum Gasteiger partial charge on any atom is -0.451 e. The Labute approximate surface area is 155 Å². The lowest BCUT2D eigenvalue weighted by Gasteiger charge is -2.13. The van der Waals surface area contributed by atoms with Crippen LogP contribution in [0.4, 0.5) is 18.9 Å². The fourth-order valence-corrected chi connectivity index (χ4v) is 2.58. The molecule has 1 aromatic heterocycles. The summed E-state index contributed by atoms with van der Waals surface area (Å²) in [7, 11) is 0. The Morgan fingerprint density at radius 2 is 1.85 bits per heavy atom. The molecule has 0 aliphatic heterocycles. The molecule has 3 aromatic rings. The van der Waals surface area contributed by atoms with Gasteiger partial charge in [-0.15, -0.1) is 0 Å². The molecule has 26 heavy (non-hydrogen) atoms. The summed E-state index contributed by atoms with van der Waals surface area (Å²) in [4.78, 5) is 12.2. The van der Waals surface area contributed by atoms with Gasteiger partial charge in [-0.3, -0.25) is 10.1 Å². The minimum atomic E-state index is -4.53. The molecule has 2 N–H and O–H groups in total. The maximum Gasteiger partial charge on any atom is 0.416 e. The highest BCUT2D eigenvalue weighted by molar-refractivity contribution is 7.80. The maximum absolute atomic E-state index is 12.8. The zero-order valence-corrected chi connectivity index (χ0v) is 14.4. The number of hydrogen-bond acceptors (Lipinski definition) is 3. The van der Waals surface area contributed by atoms with Crippen molar-refractivity contribution in [1.82, 2.24) is 5.32 Å². The van der Waals surface area contributed by atoms with Gasteiger partial charge in [-0.2, -0.15) is 13.2 Å². The highest BCUT2D eigenvalue weighted by Crippen LogP contribution is 2.33. The van der Waals surface area contributed by atoms with Crippen molar-refractivity contribution in [2.24, 2.45) is 0 Å². The Balaban J connectivity index is 1.73. The molecule has 0 fully saturated rings. The number of alkyl halides is 3. The van der Waals surface area contributed by atoms with Crippen LogP contribution in [0.3, 0.4) is 0 Å². The summed E-state index contributed by atoms with van der Waals surface area (Å²) in [5.41, 5.74) is -0.440. The molecule has 0 bridgehead atoms. The molecule has 0 spiro atoms. The number of carbonyl (C=O) groups is 1. The Bertz CT molecular complexity index is 968. The summed E-state index contributed by atoms with van der Waals surface area (Å²) in [6.07, 6.45) is -4.53. The molecule has 0 saturated heterocycles. The largest absolute Gasteiger partial charge is 0.451 e. The molecule has 1 heterocycles. The predicted molar refractivity (Wildman–Crippen MR) is 96.4 cm³/mol. The lowest BCUT2D eigenvalue weighted by atomic mass is 10.2. The third kappa shape index (κ3) is 3.97. The van der Waals surface area contributed by atoms with Crippen LogP contribution in [0.15, 0.2) is 52.9 Å². The van der Waals surface area contributed by atoms with Crippen molar-refractivity contribution < 1.29 is 22.4 Å². The number of para-hydroxylation sites is 1. The van der Waals surface area contributed by atoms with Crippen LogP contribution in [0.5, 0.6) is 0 Å². The number of benzene rings is 2. The van der Waals surface area contributed by atoms with Gasteiger partial charge in [0.1, 0.15) is 5.58 Å². The second-order valence-electron chi connectivity index (χ2n) is 5.25. The van der Waals surface area contributed by atoms with E-state index in [9.17, 15) is 18.0 Å². The fourth-order valence-electron chi connectivity index (χ4n) is 2.21. The Morgan fingerprint density at radius 1 is 1.12 bits per heavy atom. The summed E-state index contributed by atoms with van der Waals surface area (Å²) in [6, 6.07) is 11.3. The lowest BCUT2D eigenvalue weighted by Crippen LogP contribution is -2.34. The highest BCUT2D eigenvalue weighted by Gasteiger charge is 2.31. The van der Waals surface area contributed by atoms with E-state index in [2.05, 4.69) is 10.6 Å². The van der Waals surface area contributed by atoms with E-state index in [1.54, 1.807) is 24.3 Å². The molecule has 0 unspecified atom stereocenters. The van der Waals surface area contributed by atoms with Crippen molar-refractivity contribution in [1.29, 1.82) is 0 Å². The van der Waals surface area contributed by atoms with Crippen molar-refractivity contribution in [3.8, 4) is 0 Å². The number of thiocarbonyl (C=S) groups is 1. The number of rotatable bonds is 2. The smallest absolute Gasteiger partial charge is 0.416 e. The molecular weight excluding hydrogens is 389 g/mol. The number of halogens is 4. The van der Waals surface area contributed by atoms with Gasteiger partial charge in [0.2, 0.25) is 0 Å². The molecule has 0 saturated carbocycles. The quantitative estimate of drug-likeness (QED) is 0.580. The van der Waals surface area contributed by atoms with Crippen LogP contribution < -0.4 is 10.6 Å². The van der Waals surface area contributed by atoms with Gasteiger partial charge in [0, 0.05) is 5.39 Å². The molecule has 9 heteroatoms. The van der Waals surface area contributed by atoms with Gasteiger partial charge < -0.3 is 9.73 Å². The first kappa shape index (κ1) is 18.2. The van der Waals surface area contributed by atoms with Crippen LogP contribution in [0.25, 0.3) is 11.0 Å². The number of fused-ring (bicyclic) bond motifs is 1. The van der Waals surface area contributed by atoms with Gasteiger partial charge in [0.15, 0.2) is 10.9 Å². The second kappa shape index (κ2) is 6.97. The van der Waals surface area contributed by atoms with Crippen LogP contribution in [0, 0.1) is 0 Å². The fraction of sp³-hybridized carbons (Fsp3) is 0.0588. The van der Waals surface area contributed by atoms with Crippen molar-refractivity contribution in [3.63, 3.8) is 0 Å². The van der Waals surface area contributed by atoms with Crippen LogP contribution in [-0.2, 0) is 6.18 Å². The topological polar surface area (TPSA) is 54.3 Å². The summed E-state index contributed by atoms with van der Waals surface area (Å²) < 4.78 is 43.7. The van der Waals surface area contributed by atoms with E-state index < -0.39 is 17.6 Å². The molecular formula is C17H10ClF3N2O2S. The monoisotopic (exact) mass is 398 g/mol. The van der Waals surface area contributed by atoms with Gasteiger partial charge in [-0.25, -0.2) is 0 Å². The molecule has 0 aliphatic carbocycles. The average Bonchev–Trinajstić information content (AvgIpc) is 3.00. The minimum absolute atomic E-state index is 0.0190. The van der Waals surface area contributed by atoms with E-state index in [1.165, 1.54) is 6.07 Å². The van der Waals surface area contributed by atoms with E-state index in [0.717, 1.165) is 23.6 Å². The average molecular weight is 399 g/mol. The van der Waals surface area contributed by atoms with Gasteiger partial charge in [0.05, 0.1) is 16.3 Å². The summed E-state index contributed by atoms with van der Waals surface area (Å²) >= 11 is 10.8. The SMILES string of the molecule is O=C(NC(=S)Nc1cc(C(F)(F)F)ccc1Cl)c1cc2ccccc2o1. The standard InChI is InChI=1S/C17H10ClF3N2O2S/c18-11-6-5-10(17(19,20)21)8-12(11)22-16(26)23-15(24)14-7-9-3-1-2-4-13(9)25-14/h1-8H,(H2,22,23,24,26). The number of hydrogen-bond donors (Lipinski definition) is 2.